The van der Waals surface area contributed by atoms with Gasteiger partial charge in [-0.15, -0.1) is 0 Å². The fourth-order valence-electron chi connectivity index (χ4n) is 2.75. The van der Waals surface area contributed by atoms with Gasteiger partial charge in [0.15, 0.2) is 0 Å². The third-order valence-corrected chi connectivity index (χ3v) is 5.07. The summed E-state index contributed by atoms with van der Waals surface area (Å²) in [6, 6.07) is 15.6. The van der Waals surface area contributed by atoms with Crippen LogP contribution in [0.1, 0.15) is 0 Å². The molecule has 0 unspecified atom stereocenters. The van der Waals surface area contributed by atoms with Gasteiger partial charge in [0.05, 0.1) is 10.4 Å². The topological polar surface area (TPSA) is 137 Å². The van der Waals surface area contributed by atoms with Crippen molar-refractivity contribution in [1.82, 2.24) is 15.0 Å². The van der Waals surface area contributed by atoms with Crippen LogP contribution in [0.4, 0.5) is 17.5 Å². The zero-order valence-electron chi connectivity index (χ0n) is 14.6. The molecular weight excluding hydrogens is 376 g/mol. The molecule has 0 bridgehead atoms. The van der Waals surface area contributed by atoms with Crippen molar-refractivity contribution in [3.05, 3.63) is 67.0 Å². The van der Waals surface area contributed by atoms with E-state index >= 15 is 0 Å². The molecule has 0 aliphatic carbocycles. The van der Waals surface area contributed by atoms with Crippen LogP contribution in [0.25, 0.3) is 22.0 Å². The van der Waals surface area contributed by atoms with Crippen molar-refractivity contribution >= 4 is 38.4 Å². The van der Waals surface area contributed by atoms with Crippen LogP contribution in [0, 0.1) is 0 Å². The average Bonchev–Trinajstić information content (AvgIpc) is 2.67. The summed E-state index contributed by atoms with van der Waals surface area (Å²) in [6.07, 6.45) is 3.38. The average molecular weight is 392 g/mol. The number of rotatable bonds is 4. The van der Waals surface area contributed by atoms with Crippen LogP contribution < -0.4 is 16.2 Å². The number of primary sulfonamides is 1. The van der Waals surface area contributed by atoms with Gasteiger partial charge >= 0.3 is 0 Å². The van der Waals surface area contributed by atoms with Crippen LogP contribution in [0.5, 0.6) is 0 Å². The minimum absolute atomic E-state index is 0.0405. The largest absolute Gasteiger partial charge is 0.384 e. The number of nitrogen functional groups attached to an aromatic ring is 1. The molecule has 2 heterocycles. The van der Waals surface area contributed by atoms with Crippen molar-refractivity contribution in [3.8, 4) is 11.1 Å². The number of sulfonamides is 1. The summed E-state index contributed by atoms with van der Waals surface area (Å²) in [7, 11) is -3.73. The number of hydrogen-bond acceptors (Lipinski definition) is 7. The van der Waals surface area contributed by atoms with Crippen molar-refractivity contribution in [2.75, 3.05) is 11.1 Å². The summed E-state index contributed by atoms with van der Waals surface area (Å²) < 4.78 is 22.7. The number of anilines is 3. The van der Waals surface area contributed by atoms with E-state index in [1.807, 2.05) is 24.3 Å². The third kappa shape index (κ3) is 3.75. The standard InChI is InChI=1S/C19H16N6O2S/c20-18-10-13(7-8-22-18)12-1-2-14-11-23-19(25-17(14)9-12)24-15-3-5-16(6-4-15)28(21,26)27/h1-11H,(H2,20,22)(H2,21,26,27)(H,23,24,25). The highest BCUT2D eigenvalue weighted by Gasteiger charge is 2.08. The molecule has 0 saturated heterocycles. The van der Waals surface area contributed by atoms with Crippen LogP contribution in [-0.4, -0.2) is 23.4 Å². The first-order chi connectivity index (χ1) is 13.4. The Morgan fingerprint density at radius 2 is 1.64 bits per heavy atom. The molecule has 0 spiro atoms. The lowest BCUT2D eigenvalue weighted by Crippen LogP contribution is -2.11. The van der Waals surface area contributed by atoms with Gasteiger partial charge in [0.25, 0.3) is 0 Å². The summed E-state index contributed by atoms with van der Waals surface area (Å²) in [5.41, 5.74) is 9.07. The van der Waals surface area contributed by atoms with E-state index in [2.05, 4.69) is 20.3 Å². The minimum atomic E-state index is -3.73. The summed E-state index contributed by atoms with van der Waals surface area (Å²) in [5, 5.41) is 9.05. The highest BCUT2D eigenvalue weighted by molar-refractivity contribution is 7.89. The Morgan fingerprint density at radius 3 is 2.36 bits per heavy atom. The van der Waals surface area contributed by atoms with Gasteiger partial charge in [0.2, 0.25) is 16.0 Å². The fourth-order valence-corrected chi connectivity index (χ4v) is 3.26. The molecular formula is C19H16N6O2S. The van der Waals surface area contributed by atoms with Crippen molar-refractivity contribution in [3.63, 3.8) is 0 Å². The summed E-state index contributed by atoms with van der Waals surface area (Å²) >= 11 is 0. The number of nitrogens with two attached hydrogens (primary N) is 2. The molecule has 4 aromatic rings. The Balaban J connectivity index is 1.65. The molecule has 2 aromatic carbocycles. The van der Waals surface area contributed by atoms with E-state index in [1.54, 1.807) is 30.6 Å². The van der Waals surface area contributed by atoms with Crippen molar-refractivity contribution in [1.29, 1.82) is 0 Å². The molecule has 140 valence electrons. The Hall–Kier alpha value is -3.56. The van der Waals surface area contributed by atoms with E-state index in [1.165, 1.54) is 12.1 Å². The number of fused-ring (bicyclic) bond motifs is 1. The molecule has 0 saturated carbocycles. The summed E-state index contributed by atoms with van der Waals surface area (Å²) in [4.78, 5) is 12.9. The maximum absolute atomic E-state index is 11.3. The second-order valence-electron chi connectivity index (χ2n) is 6.13. The first kappa shape index (κ1) is 17.8. The number of nitrogens with zero attached hydrogens (tertiary/aromatic N) is 3. The SMILES string of the molecule is Nc1cc(-c2ccc3cnc(Nc4ccc(S(N)(=O)=O)cc4)nc3c2)ccn1. The number of pyridine rings is 1. The van der Waals surface area contributed by atoms with E-state index in [0.29, 0.717) is 17.5 Å². The van der Waals surface area contributed by atoms with Crippen LogP contribution in [-0.2, 0) is 10.0 Å². The van der Waals surface area contributed by atoms with Crippen molar-refractivity contribution in [2.24, 2.45) is 5.14 Å². The molecule has 28 heavy (non-hydrogen) atoms. The number of nitrogens with one attached hydrogen (secondary N) is 1. The Kier molecular flexibility index (Phi) is 4.38. The zero-order valence-corrected chi connectivity index (χ0v) is 15.4. The van der Waals surface area contributed by atoms with Gasteiger partial charge in [-0.3, -0.25) is 0 Å². The molecule has 8 nitrogen and oxygen atoms in total. The summed E-state index contributed by atoms with van der Waals surface area (Å²) in [5.74, 6) is 0.841. The molecule has 0 aliphatic heterocycles. The van der Waals surface area contributed by atoms with Gasteiger partial charge < -0.3 is 11.1 Å². The molecule has 0 atom stereocenters. The van der Waals surface area contributed by atoms with E-state index < -0.39 is 10.0 Å². The van der Waals surface area contributed by atoms with Crippen LogP contribution in [0.3, 0.4) is 0 Å². The summed E-state index contributed by atoms with van der Waals surface area (Å²) in [6.45, 7) is 0. The number of hydrogen-bond donors (Lipinski definition) is 3. The van der Waals surface area contributed by atoms with Gasteiger partial charge in [-0.1, -0.05) is 12.1 Å². The van der Waals surface area contributed by atoms with E-state index in [-0.39, 0.29) is 4.90 Å². The quantitative estimate of drug-likeness (QED) is 0.485. The lowest BCUT2D eigenvalue weighted by atomic mass is 10.1. The van der Waals surface area contributed by atoms with Gasteiger partial charge in [0, 0.05) is 23.5 Å². The molecule has 0 aliphatic rings. The fraction of sp³-hybridized carbons (Fsp3) is 0. The molecule has 0 amide bonds. The highest BCUT2D eigenvalue weighted by Crippen LogP contribution is 2.25. The van der Waals surface area contributed by atoms with E-state index in [4.69, 9.17) is 10.9 Å². The predicted molar refractivity (Wildman–Crippen MR) is 108 cm³/mol. The minimum Gasteiger partial charge on any atom is -0.384 e. The van der Waals surface area contributed by atoms with Crippen LogP contribution >= 0.6 is 0 Å². The van der Waals surface area contributed by atoms with Gasteiger partial charge in [-0.25, -0.2) is 28.5 Å². The van der Waals surface area contributed by atoms with Crippen LogP contribution in [0.2, 0.25) is 0 Å². The van der Waals surface area contributed by atoms with Gasteiger partial charge in [-0.05, 0) is 53.6 Å². The molecule has 2 aromatic heterocycles. The first-order valence-electron chi connectivity index (χ1n) is 8.27. The van der Waals surface area contributed by atoms with Crippen molar-refractivity contribution in [2.45, 2.75) is 4.90 Å². The van der Waals surface area contributed by atoms with Gasteiger partial charge in [-0.2, -0.15) is 0 Å². The zero-order chi connectivity index (χ0) is 19.7. The second-order valence-corrected chi connectivity index (χ2v) is 7.69. The molecule has 4 rings (SSSR count). The molecule has 9 heteroatoms. The van der Waals surface area contributed by atoms with E-state index in [0.717, 1.165) is 22.0 Å². The third-order valence-electron chi connectivity index (χ3n) is 4.14. The van der Waals surface area contributed by atoms with E-state index in [9.17, 15) is 8.42 Å². The number of aromatic nitrogens is 3. The number of benzene rings is 2. The maximum atomic E-state index is 11.3. The molecule has 0 fully saturated rings. The first-order valence-corrected chi connectivity index (χ1v) is 9.82. The Bertz CT molecular complexity index is 1270. The van der Waals surface area contributed by atoms with Crippen LogP contribution in [0.15, 0.2) is 71.9 Å². The monoisotopic (exact) mass is 392 g/mol. The highest BCUT2D eigenvalue weighted by atomic mass is 32.2. The molecule has 5 N–H and O–H groups in total. The predicted octanol–water partition coefficient (Wildman–Crippen LogP) is 2.67. The van der Waals surface area contributed by atoms with Gasteiger partial charge in [0.1, 0.15) is 5.82 Å². The second kappa shape index (κ2) is 6.87. The Morgan fingerprint density at radius 1 is 0.893 bits per heavy atom. The lowest BCUT2D eigenvalue weighted by Gasteiger charge is -2.08. The smallest absolute Gasteiger partial charge is 0.238 e. The maximum Gasteiger partial charge on any atom is 0.238 e. The Labute approximate surface area is 161 Å². The van der Waals surface area contributed by atoms with Crippen molar-refractivity contribution < 1.29 is 8.42 Å². The normalized spacial score (nSPS) is 11.5. The lowest BCUT2D eigenvalue weighted by molar-refractivity contribution is 0.598. The molecule has 0 radical (unpaired) electrons.